The zero-order valence-corrected chi connectivity index (χ0v) is 20.4. The van der Waals surface area contributed by atoms with Gasteiger partial charge in [-0.05, 0) is 19.1 Å². The highest BCUT2D eigenvalue weighted by molar-refractivity contribution is 5.98. The van der Waals surface area contributed by atoms with Gasteiger partial charge in [-0.25, -0.2) is 23.3 Å². The number of alkyl halides is 8. The van der Waals surface area contributed by atoms with Crippen LogP contribution in [0.3, 0.4) is 0 Å². The molecule has 2 atom stereocenters. The number of fused-ring (bicyclic) bond motifs is 1. The molecule has 216 valence electrons. The Morgan fingerprint density at radius 1 is 1.18 bits per heavy atom. The van der Waals surface area contributed by atoms with Gasteiger partial charge in [0.2, 0.25) is 11.8 Å². The van der Waals surface area contributed by atoms with E-state index in [4.69, 9.17) is 10.5 Å². The molecule has 18 heteroatoms. The van der Waals surface area contributed by atoms with Gasteiger partial charge in [0, 0.05) is 18.3 Å². The number of nitrogens with two attached hydrogens (primary N) is 1. The number of halogens is 8. The Kier molecular flexibility index (Phi) is 7.00. The monoisotopic (exact) mass is 581 g/mol. The van der Waals surface area contributed by atoms with Gasteiger partial charge in [0.05, 0.1) is 24.9 Å². The van der Waals surface area contributed by atoms with Crippen molar-refractivity contribution < 1.29 is 49.4 Å². The van der Waals surface area contributed by atoms with E-state index in [0.717, 1.165) is 30.2 Å². The molecule has 1 aliphatic heterocycles. The van der Waals surface area contributed by atoms with Crippen LogP contribution >= 0.6 is 0 Å². The van der Waals surface area contributed by atoms with Crippen molar-refractivity contribution in [1.82, 2.24) is 29.8 Å². The third-order valence-electron chi connectivity index (χ3n) is 6.27. The minimum absolute atomic E-state index is 0.122. The Labute approximate surface area is 219 Å². The summed E-state index contributed by atoms with van der Waals surface area (Å²) in [5, 5.41) is 5.74. The topological polar surface area (TPSA) is 128 Å². The number of aromatic nitrogens is 4. The highest BCUT2D eigenvalue weighted by Gasteiger charge is 2.53. The number of nitrogen functional groups attached to an aromatic ring is 1. The summed E-state index contributed by atoms with van der Waals surface area (Å²) in [6.07, 6.45) is -7.90. The van der Waals surface area contributed by atoms with Crippen LogP contribution in [-0.2, 0) is 11.0 Å². The number of ether oxygens (including phenoxy) is 1. The fourth-order valence-electron chi connectivity index (χ4n) is 4.16. The Bertz CT molecular complexity index is 1470. The third-order valence-corrected chi connectivity index (χ3v) is 6.27. The van der Waals surface area contributed by atoms with Crippen molar-refractivity contribution in [3.8, 4) is 17.1 Å². The van der Waals surface area contributed by atoms with Gasteiger partial charge in [0.15, 0.2) is 5.82 Å². The first kappa shape index (κ1) is 28.8. The molecule has 1 fully saturated rings. The Balaban J connectivity index is 1.68. The molecule has 2 unspecified atom stereocenters. The Morgan fingerprint density at radius 2 is 1.85 bits per heavy atom. The number of rotatable bonds is 5. The summed E-state index contributed by atoms with van der Waals surface area (Å²) >= 11 is 0. The molecule has 3 N–H and O–H groups in total. The van der Waals surface area contributed by atoms with Gasteiger partial charge in [-0.15, -0.1) is 0 Å². The van der Waals surface area contributed by atoms with Crippen molar-refractivity contribution in [1.29, 1.82) is 0 Å². The van der Waals surface area contributed by atoms with Crippen LogP contribution in [-0.4, -0.2) is 74.6 Å². The molecule has 0 aromatic carbocycles. The molecular weight excluding hydrogens is 562 g/mol. The number of anilines is 1. The van der Waals surface area contributed by atoms with E-state index in [2.05, 4.69) is 15.1 Å². The fourth-order valence-corrected chi connectivity index (χ4v) is 4.16. The van der Waals surface area contributed by atoms with E-state index >= 15 is 0 Å². The second kappa shape index (κ2) is 9.74. The summed E-state index contributed by atoms with van der Waals surface area (Å²) in [5.74, 6) is -10.1. The highest BCUT2D eigenvalue weighted by atomic mass is 19.4. The van der Waals surface area contributed by atoms with Crippen LogP contribution in [0.1, 0.15) is 22.8 Å². The van der Waals surface area contributed by atoms with E-state index < -0.39 is 83.5 Å². The summed E-state index contributed by atoms with van der Waals surface area (Å²) in [6.45, 7) is -1.77. The first-order valence-electron chi connectivity index (χ1n) is 11.2. The lowest BCUT2D eigenvalue weighted by molar-refractivity contribution is -0.185. The number of nitrogens with zero attached hydrogens (tertiary/aromatic N) is 5. The maximum absolute atomic E-state index is 14.6. The van der Waals surface area contributed by atoms with Crippen LogP contribution in [0, 0.1) is 5.92 Å². The number of amides is 2. The van der Waals surface area contributed by atoms with Crippen LogP contribution in [0.25, 0.3) is 16.8 Å². The van der Waals surface area contributed by atoms with E-state index in [9.17, 15) is 44.7 Å². The lowest BCUT2D eigenvalue weighted by Crippen LogP contribution is -2.47. The number of carbonyl (C=O) groups is 2. The predicted molar refractivity (Wildman–Crippen MR) is 120 cm³/mol. The third kappa shape index (κ3) is 5.16. The van der Waals surface area contributed by atoms with Crippen molar-refractivity contribution in [3.63, 3.8) is 0 Å². The van der Waals surface area contributed by atoms with Crippen molar-refractivity contribution >= 4 is 23.1 Å². The number of nitrogens with one attached hydrogen (secondary N) is 1. The minimum Gasteiger partial charge on any atom is -0.480 e. The van der Waals surface area contributed by atoms with E-state index in [-0.39, 0.29) is 11.3 Å². The van der Waals surface area contributed by atoms with Gasteiger partial charge < -0.3 is 20.7 Å². The molecule has 0 spiro atoms. The molecule has 0 radical (unpaired) electrons. The summed E-state index contributed by atoms with van der Waals surface area (Å²) in [6, 6.07) is -0.401. The highest BCUT2D eigenvalue weighted by Crippen LogP contribution is 2.39. The second-order valence-corrected chi connectivity index (χ2v) is 8.90. The molecule has 3 aromatic heterocycles. The van der Waals surface area contributed by atoms with Gasteiger partial charge in [0.1, 0.15) is 29.4 Å². The summed E-state index contributed by atoms with van der Waals surface area (Å²) in [5.41, 5.74) is 3.02. The molecular formula is C22H19F8N7O3. The predicted octanol–water partition coefficient (Wildman–Crippen LogP) is 3.18. The molecule has 4 heterocycles. The summed E-state index contributed by atoms with van der Waals surface area (Å²) < 4.78 is 115. The quantitative estimate of drug-likeness (QED) is 0.443. The number of pyridine rings is 1. The van der Waals surface area contributed by atoms with Crippen LogP contribution in [0.4, 0.5) is 40.9 Å². The van der Waals surface area contributed by atoms with Gasteiger partial charge >= 0.3 is 12.4 Å². The molecule has 4 rings (SSSR count). The molecule has 1 saturated heterocycles. The van der Waals surface area contributed by atoms with Crippen LogP contribution < -0.4 is 15.8 Å². The lowest BCUT2D eigenvalue weighted by atomic mass is 10.1. The summed E-state index contributed by atoms with van der Waals surface area (Å²) in [7, 11) is 1.09. The van der Waals surface area contributed by atoms with Crippen molar-refractivity contribution in [2.24, 2.45) is 5.92 Å². The molecule has 10 nitrogen and oxygen atoms in total. The van der Waals surface area contributed by atoms with Gasteiger partial charge in [-0.3, -0.25) is 9.59 Å². The van der Waals surface area contributed by atoms with E-state index in [1.807, 2.05) is 5.32 Å². The average molecular weight is 581 g/mol. The molecule has 0 aliphatic carbocycles. The van der Waals surface area contributed by atoms with E-state index in [1.165, 1.54) is 0 Å². The molecule has 0 saturated carbocycles. The molecule has 2 amide bonds. The smallest absolute Gasteiger partial charge is 0.418 e. The first-order chi connectivity index (χ1) is 18.5. The number of hydrogen-bond acceptors (Lipinski definition) is 7. The van der Waals surface area contributed by atoms with Gasteiger partial charge in [-0.2, -0.15) is 31.4 Å². The number of hydrogen-bond donors (Lipinski definition) is 2. The SMILES string of the molecule is COc1ncc(-c2cc(C(F)(F)F)c3c(N)ncnn23)cc1C(=O)NC1CN(C(=O)C(C)C(F)(F)F)CC1(F)F. The summed E-state index contributed by atoms with van der Waals surface area (Å²) in [4.78, 5) is 32.9. The molecule has 1 aliphatic rings. The zero-order chi connectivity index (χ0) is 29.8. The Hall–Kier alpha value is -4.25. The van der Waals surface area contributed by atoms with Crippen LogP contribution in [0.5, 0.6) is 5.88 Å². The normalized spacial score (nSPS) is 18.1. The first-order valence-corrected chi connectivity index (χ1v) is 11.2. The molecule has 0 bridgehead atoms. The molecule has 3 aromatic rings. The number of likely N-dealkylation sites (tertiary alicyclic amines) is 1. The van der Waals surface area contributed by atoms with Crippen LogP contribution in [0.15, 0.2) is 24.7 Å². The maximum Gasteiger partial charge on any atom is 0.418 e. The largest absolute Gasteiger partial charge is 0.480 e. The standard InChI is InChI=1S/C22H19F8N7O3/c1-9(21(25,26)27)19(39)36-6-14(20(23,24)7-36)35-17(38)11-3-10(5-32-18(11)40-2)13-4-12(22(28,29)30)15-16(31)33-8-34-37(13)15/h3-5,8-9,14H,6-7H2,1-2H3,(H,35,38)(H2,31,33,34). The maximum atomic E-state index is 14.6. The van der Waals surface area contributed by atoms with E-state index in [1.54, 1.807) is 0 Å². The van der Waals surface area contributed by atoms with Gasteiger partial charge in [0.25, 0.3) is 11.8 Å². The van der Waals surface area contributed by atoms with E-state index in [0.29, 0.717) is 17.9 Å². The van der Waals surface area contributed by atoms with Crippen molar-refractivity contribution in [3.05, 3.63) is 35.8 Å². The number of carbonyl (C=O) groups excluding carboxylic acids is 2. The zero-order valence-electron chi connectivity index (χ0n) is 20.4. The second-order valence-electron chi connectivity index (χ2n) is 8.90. The van der Waals surface area contributed by atoms with Crippen LogP contribution in [0.2, 0.25) is 0 Å². The van der Waals surface area contributed by atoms with Gasteiger partial charge in [-0.1, -0.05) is 0 Å². The fraction of sp³-hybridized carbons (Fsp3) is 0.409. The van der Waals surface area contributed by atoms with Crippen molar-refractivity contribution in [2.75, 3.05) is 25.9 Å². The number of methoxy groups -OCH3 is 1. The lowest BCUT2D eigenvalue weighted by Gasteiger charge is -2.22. The van der Waals surface area contributed by atoms with Crippen molar-refractivity contribution in [2.45, 2.75) is 31.2 Å². The molecule has 40 heavy (non-hydrogen) atoms. The Morgan fingerprint density at radius 3 is 2.45 bits per heavy atom. The average Bonchev–Trinajstić information content (AvgIpc) is 3.40. The minimum atomic E-state index is -4.96.